The van der Waals surface area contributed by atoms with Crippen molar-refractivity contribution in [2.24, 2.45) is 0 Å². The first-order valence-electron chi connectivity index (χ1n) is 6.67. The third-order valence-corrected chi connectivity index (χ3v) is 3.22. The summed E-state index contributed by atoms with van der Waals surface area (Å²) in [6.45, 7) is 12.4. The lowest BCUT2D eigenvalue weighted by atomic mass is 10.2. The number of nitrogens with two attached hydrogens (primary N) is 1. The minimum absolute atomic E-state index is 0.531. The predicted octanol–water partition coefficient (Wildman–Crippen LogP) is 3.07. The van der Waals surface area contributed by atoms with Gasteiger partial charge in [-0.2, -0.15) is 0 Å². The van der Waals surface area contributed by atoms with Gasteiger partial charge in [0.05, 0.1) is 5.69 Å². The standard InChI is InChI=1S/C15H26N2O/c1-11(2)17(12(3)4)9-10-18-14-8-6-7-13(5)15(14)16/h6-8,11-12H,9-10,16H2,1-5H3. The van der Waals surface area contributed by atoms with E-state index >= 15 is 0 Å². The summed E-state index contributed by atoms with van der Waals surface area (Å²) in [5, 5.41) is 0. The number of ether oxygens (including phenoxy) is 1. The highest BCUT2D eigenvalue weighted by Crippen LogP contribution is 2.24. The lowest BCUT2D eigenvalue weighted by Crippen LogP contribution is -2.39. The van der Waals surface area contributed by atoms with Crippen molar-refractivity contribution in [3.05, 3.63) is 23.8 Å². The van der Waals surface area contributed by atoms with Crippen molar-refractivity contribution in [1.82, 2.24) is 4.90 Å². The summed E-state index contributed by atoms with van der Waals surface area (Å²) >= 11 is 0. The number of nitrogens with zero attached hydrogens (tertiary/aromatic N) is 1. The third-order valence-electron chi connectivity index (χ3n) is 3.22. The van der Waals surface area contributed by atoms with Gasteiger partial charge in [0.25, 0.3) is 0 Å². The molecular weight excluding hydrogens is 224 g/mol. The van der Waals surface area contributed by atoms with Gasteiger partial charge >= 0.3 is 0 Å². The minimum atomic E-state index is 0.531. The Morgan fingerprint density at radius 1 is 1.17 bits per heavy atom. The molecule has 0 spiro atoms. The van der Waals surface area contributed by atoms with Gasteiger partial charge < -0.3 is 10.5 Å². The molecule has 0 unspecified atom stereocenters. The maximum Gasteiger partial charge on any atom is 0.142 e. The Bertz CT molecular complexity index is 367. The number of hydrogen-bond donors (Lipinski definition) is 1. The molecule has 3 heteroatoms. The van der Waals surface area contributed by atoms with Crippen LogP contribution in [0.4, 0.5) is 5.69 Å². The number of anilines is 1. The normalized spacial score (nSPS) is 11.6. The van der Waals surface area contributed by atoms with E-state index in [0.717, 1.165) is 23.5 Å². The van der Waals surface area contributed by atoms with E-state index in [4.69, 9.17) is 10.5 Å². The van der Waals surface area contributed by atoms with E-state index in [1.54, 1.807) is 0 Å². The maximum absolute atomic E-state index is 5.98. The van der Waals surface area contributed by atoms with Crippen LogP contribution in [0.3, 0.4) is 0 Å². The SMILES string of the molecule is Cc1cccc(OCCN(C(C)C)C(C)C)c1N. The third kappa shape index (κ3) is 3.91. The van der Waals surface area contributed by atoms with Crippen LogP contribution in [0.5, 0.6) is 5.75 Å². The van der Waals surface area contributed by atoms with Crippen LogP contribution in [0, 0.1) is 6.92 Å². The first-order valence-corrected chi connectivity index (χ1v) is 6.67. The van der Waals surface area contributed by atoms with Crippen molar-refractivity contribution >= 4 is 5.69 Å². The van der Waals surface area contributed by atoms with Crippen molar-refractivity contribution in [3.63, 3.8) is 0 Å². The molecule has 0 saturated heterocycles. The first kappa shape index (κ1) is 14.8. The molecule has 0 atom stereocenters. The molecule has 0 aromatic heterocycles. The number of benzene rings is 1. The Hall–Kier alpha value is -1.22. The maximum atomic E-state index is 5.98. The largest absolute Gasteiger partial charge is 0.490 e. The topological polar surface area (TPSA) is 38.5 Å². The van der Waals surface area contributed by atoms with Gasteiger partial charge in [0.1, 0.15) is 12.4 Å². The fraction of sp³-hybridized carbons (Fsp3) is 0.600. The Kier molecular flexibility index (Phi) is 5.48. The molecule has 1 aromatic rings. The summed E-state index contributed by atoms with van der Waals surface area (Å²) in [4.78, 5) is 2.41. The van der Waals surface area contributed by atoms with Crippen molar-refractivity contribution < 1.29 is 4.74 Å². The summed E-state index contributed by atoms with van der Waals surface area (Å²) in [6, 6.07) is 6.96. The van der Waals surface area contributed by atoms with Gasteiger partial charge in [-0.25, -0.2) is 0 Å². The van der Waals surface area contributed by atoms with Crippen molar-refractivity contribution in [1.29, 1.82) is 0 Å². The van der Waals surface area contributed by atoms with Crippen LogP contribution in [0.1, 0.15) is 33.3 Å². The molecule has 0 fully saturated rings. The van der Waals surface area contributed by atoms with E-state index < -0.39 is 0 Å². The van der Waals surface area contributed by atoms with Gasteiger partial charge in [-0.15, -0.1) is 0 Å². The van der Waals surface area contributed by atoms with Crippen molar-refractivity contribution in [3.8, 4) is 5.75 Å². The van der Waals surface area contributed by atoms with Crippen LogP contribution >= 0.6 is 0 Å². The second-order valence-corrected chi connectivity index (χ2v) is 5.26. The van der Waals surface area contributed by atoms with E-state index in [1.807, 2.05) is 25.1 Å². The molecule has 2 N–H and O–H groups in total. The molecule has 1 aromatic carbocycles. The molecule has 0 aliphatic carbocycles. The van der Waals surface area contributed by atoms with Crippen LogP contribution in [0.15, 0.2) is 18.2 Å². The van der Waals surface area contributed by atoms with Crippen LogP contribution < -0.4 is 10.5 Å². The van der Waals surface area contributed by atoms with Crippen molar-refractivity contribution in [2.75, 3.05) is 18.9 Å². The highest BCUT2D eigenvalue weighted by atomic mass is 16.5. The van der Waals surface area contributed by atoms with Crippen molar-refractivity contribution in [2.45, 2.75) is 46.7 Å². The molecule has 0 aliphatic rings. The van der Waals surface area contributed by atoms with Crippen LogP contribution in [-0.2, 0) is 0 Å². The van der Waals surface area contributed by atoms with E-state index in [9.17, 15) is 0 Å². The number of hydrogen-bond acceptors (Lipinski definition) is 3. The molecule has 1 rings (SSSR count). The van der Waals surface area contributed by atoms with E-state index in [1.165, 1.54) is 0 Å². The first-order chi connectivity index (χ1) is 8.43. The second-order valence-electron chi connectivity index (χ2n) is 5.26. The number of aryl methyl sites for hydroxylation is 1. The Morgan fingerprint density at radius 3 is 2.33 bits per heavy atom. The molecule has 102 valence electrons. The van der Waals surface area contributed by atoms with Crippen LogP contribution in [-0.4, -0.2) is 30.1 Å². The van der Waals surface area contributed by atoms with E-state index in [0.29, 0.717) is 18.7 Å². The highest BCUT2D eigenvalue weighted by molar-refractivity contribution is 5.57. The van der Waals surface area contributed by atoms with Gasteiger partial charge in [0.15, 0.2) is 0 Å². The average molecular weight is 250 g/mol. The zero-order chi connectivity index (χ0) is 13.7. The lowest BCUT2D eigenvalue weighted by molar-refractivity contribution is 0.142. The zero-order valence-electron chi connectivity index (χ0n) is 12.2. The molecule has 18 heavy (non-hydrogen) atoms. The molecule has 3 nitrogen and oxygen atoms in total. The smallest absolute Gasteiger partial charge is 0.142 e. The Balaban J connectivity index is 2.53. The zero-order valence-corrected chi connectivity index (χ0v) is 12.2. The molecule has 0 heterocycles. The Morgan fingerprint density at radius 2 is 1.78 bits per heavy atom. The molecule has 0 saturated carbocycles. The second kappa shape index (κ2) is 6.64. The van der Waals surface area contributed by atoms with Gasteiger partial charge in [-0.3, -0.25) is 4.90 Å². The average Bonchev–Trinajstić information content (AvgIpc) is 2.28. The molecule has 0 radical (unpaired) electrons. The fourth-order valence-corrected chi connectivity index (χ4v) is 2.15. The number of para-hydroxylation sites is 1. The summed E-state index contributed by atoms with van der Waals surface area (Å²) in [5.74, 6) is 0.794. The lowest BCUT2D eigenvalue weighted by Gasteiger charge is -2.30. The monoisotopic (exact) mass is 250 g/mol. The molecule has 0 aliphatic heterocycles. The van der Waals surface area contributed by atoms with E-state index in [-0.39, 0.29) is 0 Å². The van der Waals surface area contributed by atoms with E-state index in [2.05, 4.69) is 32.6 Å². The Labute approximate surface area is 111 Å². The van der Waals surface area contributed by atoms with Gasteiger partial charge in [0.2, 0.25) is 0 Å². The van der Waals surface area contributed by atoms with Crippen LogP contribution in [0.2, 0.25) is 0 Å². The number of rotatable bonds is 6. The molecule has 0 bridgehead atoms. The minimum Gasteiger partial charge on any atom is -0.490 e. The predicted molar refractivity (Wildman–Crippen MR) is 78.1 cm³/mol. The number of nitrogen functional groups attached to an aromatic ring is 1. The van der Waals surface area contributed by atoms with Gasteiger partial charge in [-0.1, -0.05) is 12.1 Å². The highest BCUT2D eigenvalue weighted by Gasteiger charge is 2.13. The van der Waals surface area contributed by atoms with Gasteiger partial charge in [0, 0.05) is 18.6 Å². The summed E-state index contributed by atoms with van der Waals surface area (Å²) in [6.07, 6.45) is 0. The molecule has 0 amide bonds. The van der Waals surface area contributed by atoms with Gasteiger partial charge in [-0.05, 0) is 46.2 Å². The van der Waals surface area contributed by atoms with Crippen LogP contribution in [0.25, 0.3) is 0 Å². The molecular formula is C15H26N2O. The fourth-order valence-electron chi connectivity index (χ4n) is 2.15. The quantitative estimate of drug-likeness (QED) is 0.789. The summed E-state index contributed by atoms with van der Waals surface area (Å²) in [5.41, 5.74) is 7.80. The summed E-state index contributed by atoms with van der Waals surface area (Å²) in [7, 11) is 0. The summed E-state index contributed by atoms with van der Waals surface area (Å²) < 4.78 is 5.78.